The minimum absolute atomic E-state index is 0.0159. The highest BCUT2D eigenvalue weighted by molar-refractivity contribution is 6.07. The zero-order valence-corrected chi connectivity index (χ0v) is 14.2. The fourth-order valence-electron chi connectivity index (χ4n) is 2.86. The maximum Gasteiger partial charge on any atom is 0.325 e. The molecule has 0 spiro atoms. The van der Waals surface area contributed by atoms with Gasteiger partial charge in [0.25, 0.3) is 5.91 Å². The monoisotopic (exact) mass is 314 g/mol. The summed E-state index contributed by atoms with van der Waals surface area (Å²) in [5, 5.41) is 12.8. The van der Waals surface area contributed by atoms with Gasteiger partial charge in [-0.3, -0.25) is 9.69 Å². The average Bonchev–Trinajstić information content (AvgIpc) is 2.64. The summed E-state index contributed by atoms with van der Waals surface area (Å²) in [7, 11) is 0. The van der Waals surface area contributed by atoms with Crippen LogP contribution in [0.25, 0.3) is 0 Å². The number of carbonyl (C=O) groups excluding carboxylic acids is 2. The Bertz CT molecular complexity index is 378. The van der Waals surface area contributed by atoms with Gasteiger partial charge in [-0.05, 0) is 18.8 Å². The van der Waals surface area contributed by atoms with Gasteiger partial charge in [0.15, 0.2) is 0 Å². The lowest BCUT2D eigenvalue weighted by atomic mass is 9.88. The molecule has 1 aliphatic rings. The Balaban J connectivity index is 2.63. The number of imide groups is 1. The summed E-state index contributed by atoms with van der Waals surface area (Å²) in [6.45, 7) is 8.69. The van der Waals surface area contributed by atoms with Crippen molar-refractivity contribution in [1.29, 1.82) is 0 Å². The van der Waals surface area contributed by atoms with E-state index in [1.54, 1.807) is 0 Å². The quantitative estimate of drug-likeness (QED) is 0.604. The zero-order chi connectivity index (χ0) is 16.8. The summed E-state index contributed by atoms with van der Waals surface area (Å²) in [5.74, 6) is 0.162. The fraction of sp³-hybridized carbons (Fsp3) is 0.875. The number of nitrogens with one attached hydrogen (secondary N) is 1. The van der Waals surface area contributed by atoms with Crippen molar-refractivity contribution in [2.75, 3.05) is 19.8 Å². The van der Waals surface area contributed by atoms with E-state index in [9.17, 15) is 14.7 Å². The number of aliphatic hydroxyl groups is 1. The van der Waals surface area contributed by atoms with Crippen LogP contribution in [0, 0.1) is 5.92 Å². The molecule has 1 rings (SSSR count). The molecule has 22 heavy (non-hydrogen) atoms. The minimum Gasteiger partial charge on any atom is -0.389 e. The molecule has 0 saturated carbocycles. The second-order valence-corrected chi connectivity index (χ2v) is 6.51. The molecule has 0 radical (unpaired) electrons. The van der Waals surface area contributed by atoms with Gasteiger partial charge in [-0.25, -0.2) is 4.79 Å². The van der Waals surface area contributed by atoms with Crippen molar-refractivity contribution in [3.63, 3.8) is 0 Å². The van der Waals surface area contributed by atoms with E-state index < -0.39 is 17.7 Å². The molecule has 6 heteroatoms. The highest BCUT2D eigenvalue weighted by atomic mass is 16.5. The molecule has 3 amide bonds. The summed E-state index contributed by atoms with van der Waals surface area (Å²) in [6.07, 6.45) is 2.04. The SMILES string of the molecule is CCCC1(CCC)NC(=O)N(C[C@@H](O)COCC(C)C)C1=O. The van der Waals surface area contributed by atoms with Crippen molar-refractivity contribution >= 4 is 11.9 Å². The summed E-state index contributed by atoms with van der Waals surface area (Å²) in [4.78, 5) is 25.9. The molecule has 1 aliphatic heterocycles. The third-order valence-electron chi connectivity index (χ3n) is 3.75. The molecule has 1 fully saturated rings. The second kappa shape index (κ2) is 8.48. The van der Waals surface area contributed by atoms with Crippen molar-refractivity contribution in [2.24, 2.45) is 5.92 Å². The third kappa shape index (κ3) is 4.68. The Morgan fingerprint density at radius 2 is 1.77 bits per heavy atom. The third-order valence-corrected chi connectivity index (χ3v) is 3.75. The Kier molecular flexibility index (Phi) is 7.29. The Hall–Kier alpha value is -1.14. The van der Waals surface area contributed by atoms with Crippen molar-refractivity contribution in [3.05, 3.63) is 0 Å². The van der Waals surface area contributed by atoms with Gasteiger partial charge in [-0.15, -0.1) is 0 Å². The van der Waals surface area contributed by atoms with Crippen LogP contribution in [0.15, 0.2) is 0 Å². The summed E-state index contributed by atoms with van der Waals surface area (Å²) >= 11 is 0. The Morgan fingerprint density at radius 3 is 2.27 bits per heavy atom. The van der Waals surface area contributed by atoms with E-state index in [1.807, 2.05) is 27.7 Å². The van der Waals surface area contributed by atoms with E-state index in [-0.39, 0.29) is 19.1 Å². The van der Waals surface area contributed by atoms with Crippen LogP contribution in [0.5, 0.6) is 0 Å². The van der Waals surface area contributed by atoms with Crippen LogP contribution in [-0.2, 0) is 9.53 Å². The van der Waals surface area contributed by atoms with Crippen LogP contribution in [-0.4, -0.2) is 53.3 Å². The minimum atomic E-state index is -0.854. The number of β-amino-alcohol motifs (C(OH)–C–C–N with tert-alkyl or cyclic N) is 1. The van der Waals surface area contributed by atoms with E-state index in [1.165, 1.54) is 0 Å². The van der Waals surface area contributed by atoms with Gasteiger partial charge < -0.3 is 15.2 Å². The number of urea groups is 1. The van der Waals surface area contributed by atoms with Gasteiger partial charge in [0, 0.05) is 6.61 Å². The largest absolute Gasteiger partial charge is 0.389 e. The number of rotatable bonds is 10. The van der Waals surface area contributed by atoms with Crippen molar-refractivity contribution < 1.29 is 19.4 Å². The highest BCUT2D eigenvalue weighted by Gasteiger charge is 2.49. The fourth-order valence-corrected chi connectivity index (χ4v) is 2.86. The Morgan fingerprint density at radius 1 is 1.18 bits per heavy atom. The van der Waals surface area contributed by atoms with Crippen molar-refractivity contribution in [1.82, 2.24) is 10.2 Å². The molecular formula is C16H30N2O4. The topological polar surface area (TPSA) is 78.9 Å². The molecule has 0 bridgehead atoms. The molecule has 2 N–H and O–H groups in total. The number of carbonyl (C=O) groups is 2. The second-order valence-electron chi connectivity index (χ2n) is 6.51. The number of amides is 3. The Labute approximate surface area is 133 Å². The summed E-state index contributed by atoms with van der Waals surface area (Å²) in [6, 6.07) is -0.408. The van der Waals surface area contributed by atoms with E-state index in [4.69, 9.17) is 4.74 Å². The normalized spacial score (nSPS) is 18.9. The maximum atomic E-state index is 12.6. The van der Waals surface area contributed by atoms with Crippen molar-refractivity contribution in [2.45, 2.75) is 65.0 Å². The van der Waals surface area contributed by atoms with Gasteiger partial charge >= 0.3 is 6.03 Å². The van der Waals surface area contributed by atoms with E-state index in [0.29, 0.717) is 25.4 Å². The molecule has 0 unspecified atom stereocenters. The summed E-state index contributed by atoms with van der Waals surface area (Å²) in [5.41, 5.74) is -0.793. The van der Waals surface area contributed by atoms with E-state index in [2.05, 4.69) is 5.32 Å². The lowest BCUT2D eigenvalue weighted by molar-refractivity contribution is -0.133. The van der Waals surface area contributed by atoms with E-state index >= 15 is 0 Å². The van der Waals surface area contributed by atoms with Gasteiger partial charge in [0.1, 0.15) is 5.54 Å². The van der Waals surface area contributed by atoms with Crippen LogP contribution < -0.4 is 5.32 Å². The maximum absolute atomic E-state index is 12.6. The zero-order valence-electron chi connectivity index (χ0n) is 14.2. The van der Waals surface area contributed by atoms with Gasteiger partial charge in [-0.2, -0.15) is 0 Å². The number of hydrogen-bond acceptors (Lipinski definition) is 4. The molecular weight excluding hydrogens is 284 g/mol. The molecule has 0 aliphatic carbocycles. The lowest BCUT2D eigenvalue weighted by Gasteiger charge is -2.26. The summed E-state index contributed by atoms with van der Waals surface area (Å²) < 4.78 is 5.36. The van der Waals surface area contributed by atoms with Crippen LogP contribution in [0.1, 0.15) is 53.4 Å². The van der Waals surface area contributed by atoms with Crippen molar-refractivity contribution in [3.8, 4) is 0 Å². The molecule has 0 aromatic rings. The number of ether oxygens (including phenoxy) is 1. The highest BCUT2D eigenvalue weighted by Crippen LogP contribution is 2.28. The van der Waals surface area contributed by atoms with Crippen LogP contribution >= 0.6 is 0 Å². The molecule has 0 aromatic heterocycles. The molecule has 1 atom stereocenters. The molecule has 1 heterocycles. The first-order valence-electron chi connectivity index (χ1n) is 8.26. The molecule has 0 aromatic carbocycles. The predicted octanol–water partition coefficient (Wildman–Crippen LogP) is 1.91. The molecule has 128 valence electrons. The van der Waals surface area contributed by atoms with Gasteiger partial charge in [-0.1, -0.05) is 40.5 Å². The smallest absolute Gasteiger partial charge is 0.325 e. The molecule has 6 nitrogen and oxygen atoms in total. The van der Waals surface area contributed by atoms with Gasteiger partial charge in [0.05, 0.1) is 19.3 Å². The van der Waals surface area contributed by atoms with Crippen LogP contribution in [0.4, 0.5) is 4.79 Å². The van der Waals surface area contributed by atoms with E-state index in [0.717, 1.165) is 17.7 Å². The number of hydrogen-bond donors (Lipinski definition) is 2. The first-order chi connectivity index (χ1) is 10.4. The van der Waals surface area contributed by atoms with Crippen LogP contribution in [0.2, 0.25) is 0 Å². The average molecular weight is 314 g/mol. The number of aliphatic hydroxyl groups excluding tert-OH is 1. The predicted molar refractivity (Wildman–Crippen MR) is 84.5 cm³/mol. The lowest BCUT2D eigenvalue weighted by Crippen LogP contribution is -2.47. The standard InChI is InChI=1S/C16H30N2O4/c1-5-7-16(8-6-2)14(20)18(15(21)17-16)9-13(19)11-22-10-12(3)4/h12-13,19H,5-11H2,1-4H3,(H,17,21)/t13-/m1/s1. The van der Waals surface area contributed by atoms with Crippen LogP contribution in [0.3, 0.4) is 0 Å². The molecule has 1 saturated heterocycles. The van der Waals surface area contributed by atoms with Gasteiger partial charge in [0.2, 0.25) is 0 Å². The first-order valence-corrected chi connectivity index (χ1v) is 8.26. The first kappa shape index (κ1) is 18.9. The number of nitrogens with zero attached hydrogens (tertiary/aromatic N) is 1.